The van der Waals surface area contributed by atoms with Crippen LogP contribution < -0.4 is 0 Å². The van der Waals surface area contributed by atoms with Gasteiger partial charge in [-0.1, -0.05) is 110 Å². The molecule has 86 heavy (non-hydrogen) atoms. The molecule has 3 aliphatic rings. The Labute approximate surface area is 500 Å². The van der Waals surface area contributed by atoms with Crippen LogP contribution in [0.1, 0.15) is 140 Å². The van der Waals surface area contributed by atoms with Crippen LogP contribution in [0.5, 0.6) is 0 Å². The number of nitrogens with zero attached hydrogens (tertiary/aromatic N) is 12. The molecule has 3 heterocycles. The minimum atomic E-state index is -2.01. The van der Waals surface area contributed by atoms with E-state index in [-0.39, 0.29) is 56.4 Å². The highest BCUT2D eigenvalue weighted by atomic mass is 16.8. The van der Waals surface area contributed by atoms with E-state index in [1.54, 1.807) is 57.2 Å². The summed E-state index contributed by atoms with van der Waals surface area (Å²) in [6.45, 7) is 12.8. The normalized spacial score (nSPS) is 28.5. The van der Waals surface area contributed by atoms with Crippen LogP contribution in [0.15, 0.2) is 81.1 Å². The van der Waals surface area contributed by atoms with Gasteiger partial charge in [-0.25, -0.2) is 9.59 Å². The summed E-state index contributed by atoms with van der Waals surface area (Å²) >= 11 is 0. The van der Waals surface area contributed by atoms with Gasteiger partial charge in [-0.2, -0.15) is 0 Å². The van der Waals surface area contributed by atoms with Gasteiger partial charge in [0.2, 0.25) is 0 Å². The van der Waals surface area contributed by atoms with Gasteiger partial charge in [-0.3, -0.25) is 4.79 Å². The summed E-state index contributed by atoms with van der Waals surface area (Å²) in [6, 6.07) is 11.3. The number of unbranched alkanes of at least 4 members (excludes halogenated alkanes) is 5. The molecule has 0 aromatic heterocycles. The molecule has 19 atom stereocenters. The Kier molecular flexibility index (Phi) is 31.1. The van der Waals surface area contributed by atoms with Crippen molar-refractivity contribution in [2.75, 3.05) is 33.5 Å². The molecule has 0 amide bonds. The van der Waals surface area contributed by atoms with Crippen molar-refractivity contribution in [3.63, 3.8) is 0 Å². The van der Waals surface area contributed by atoms with Gasteiger partial charge in [0.05, 0.1) is 66.9 Å². The number of hydrogen-bond acceptors (Lipinski definition) is 21. The minimum absolute atomic E-state index is 0.0108. The van der Waals surface area contributed by atoms with Crippen molar-refractivity contribution in [1.82, 2.24) is 0 Å². The van der Waals surface area contributed by atoms with Crippen molar-refractivity contribution in [2.24, 2.45) is 20.5 Å². The molecule has 0 saturated carbocycles. The van der Waals surface area contributed by atoms with Crippen molar-refractivity contribution in [3.05, 3.63) is 114 Å². The SMILES string of the molecule is CCCCOC1[C@H](N=[N+]=[N-])C(C)O[C@H](OC([C@@H](OCCCC)[C@H](O)O[C@@H]2C(OCCCC)[C@H](N=[N+]=[N-])C(C)O[C@@H]2OCCCCCC(=O)OC)[C@@H](CC)N=[N+]=[N-])[C@@H]1O[C@H]1OC(C)[C@@H](N=[N+]=[N-])C(OC(=O)c2ccccc2)[C@H]1OC(=O)c1ccccc1. The highest BCUT2D eigenvalue weighted by Crippen LogP contribution is 2.38. The van der Waals surface area contributed by atoms with E-state index >= 15 is 0 Å². The highest BCUT2D eigenvalue weighted by molar-refractivity contribution is 5.90. The largest absolute Gasteiger partial charge is 0.469 e. The van der Waals surface area contributed by atoms with Gasteiger partial charge in [0.1, 0.15) is 30.5 Å². The molecule has 2 aromatic rings. The van der Waals surface area contributed by atoms with Gasteiger partial charge in [-0.05, 0) is 106 Å². The molecule has 3 fully saturated rings. The fraction of sp³-hybridized carbons (Fsp3) is 0.737. The van der Waals surface area contributed by atoms with Gasteiger partial charge in [-0.15, -0.1) is 0 Å². The van der Waals surface area contributed by atoms with Crippen LogP contribution in [0.3, 0.4) is 0 Å². The smallest absolute Gasteiger partial charge is 0.338 e. The topological polar surface area (TPSA) is 386 Å². The van der Waals surface area contributed by atoms with Crippen molar-refractivity contribution in [2.45, 2.75) is 236 Å². The summed E-state index contributed by atoms with van der Waals surface area (Å²) in [5, 5.41) is 29.0. The second-order valence-electron chi connectivity index (χ2n) is 20.9. The molecule has 29 nitrogen and oxygen atoms in total. The Morgan fingerprint density at radius 2 is 1.03 bits per heavy atom. The number of benzene rings is 2. The third-order valence-corrected chi connectivity index (χ3v) is 14.8. The summed E-state index contributed by atoms with van der Waals surface area (Å²) in [5.41, 5.74) is 40.2. The number of esters is 3. The fourth-order valence-corrected chi connectivity index (χ4v) is 10.1. The second kappa shape index (κ2) is 38.0. The molecule has 3 saturated heterocycles. The van der Waals surface area contributed by atoms with E-state index in [2.05, 4.69) is 40.1 Å². The van der Waals surface area contributed by atoms with Crippen LogP contribution in [-0.2, 0) is 66.4 Å². The summed E-state index contributed by atoms with van der Waals surface area (Å²) in [5.74, 6) is -2.11. The van der Waals surface area contributed by atoms with E-state index in [9.17, 15) is 41.6 Å². The van der Waals surface area contributed by atoms with Crippen LogP contribution in [0, 0.1) is 0 Å². The molecule has 3 aliphatic heterocycles. The van der Waals surface area contributed by atoms with Crippen molar-refractivity contribution >= 4 is 17.9 Å². The van der Waals surface area contributed by atoms with Crippen molar-refractivity contribution in [1.29, 1.82) is 0 Å². The van der Waals surface area contributed by atoms with Gasteiger partial charge < -0.3 is 66.7 Å². The van der Waals surface area contributed by atoms with E-state index in [0.29, 0.717) is 51.4 Å². The minimum Gasteiger partial charge on any atom is -0.469 e. The zero-order valence-corrected chi connectivity index (χ0v) is 50.2. The number of ether oxygens (including phenoxy) is 13. The third-order valence-electron chi connectivity index (χ3n) is 14.8. The summed E-state index contributed by atoms with van der Waals surface area (Å²) in [6.07, 6.45) is -15.6. The quantitative estimate of drug-likeness (QED) is 0.0125. The molecule has 0 spiro atoms. The summed E-state index contributed by atoms with van der Waals surface area (Å²) in [7, 11) is 1.32. The van der Waals surface area contributed by atoms with Gasteiger partial charge >= 0.3 is 17.9 Å². The van der Waals surface area contributed by atoms with Gasteiger partial charge in [0, 0.05) is 52.5 Å². The Bertz CT molecular complexity index is 2560. The van der Waals surface area contributed by atoms with E-state index in [4.69, 9.17) is 61.6 Å². The average Bonchev–Trinajstić information content (AvgIpc) is 1.21. The van der Waals surface area contributed by atoms with Gasteiger partial charge in [0.15, 0.2) is 37.4 Å². The standard InChI is InChI=1S/C57H84N12O17/c1-9-13-30-75-45-41(63-67-59)34(5)79-55(78-33-24-18-23-29-40(70)74-8)49(45)84-54(73)48(77-32-15-11-3)44(39(12-4)62-66-58)85-56-50(46(76-31-14-10-2)42(64-68-60)35(6)80-56)86-57-51(83-53(72)38-27-21-17-22-28-38)47(43(65-69-61)36(7)81-57)82-52(71)37-25-19-16-20-26-37/h16-17,19-22,25-28,34-36,39,41-51,54-57,73H,9-15,18,23-24,29-33H2,1-8H3/t34?,35?,36?,39-,41-,42-,43-,44?,45?,46?,47?,48-,49-,50-,51-,54-,55+,56-,57-/m1/s1. The lowest BCUT2D eigenvalue weighted by molar-refractivity contribution is -0.364. The zero-order chi connectivity index (χ0) is 62.4. The monoisotopic (exact) mass is 1210 g/mol. The lowest BCUT2D eigenvalue weighted by Crippen LogP contribution is -2.65. The van der Waals surface area contributed by atoms with Crippen molar-refractivity contribution in [3.8, 4) is 0 Å². The highest BCUT2D eigenvalue weighted by Gasteiger charge is 2.56. The van der Waals surface area contributed by atoms with E-state index in [1.165, 1.54) is 38.3 Å². The Balaban J connectivity index is 1.66. The molecular formula is C57H84N12O17. The summed E-state index contributed by atoms with van der Waals surface area (Å²) < 4.78 is 83.3. The predicted octanol–water partition coefficient (Wildman–Crippen LogP) is 10.6. The molecule has 5 rings (SSSR count). The lowest BCUT2D eigenvalue weighted by atomic mass is 9.94. The molecule has 2 aromatic carbocycles. The summed E-state index contributed by atoms with van der Waals surface area (Å²) in [4.78, 5) is 52.5. The molecular weight excluding hydrogens is 1120 g/mol. The third kappa shape index (κ3) is 20.4. The zero-order valence-electron chi connectivity index (χ0n) is 50.2. The fourth-order valence-electron chi connectivity index (χ4n) is 10.1. The van der Waals surface area contributed by atoms with E-state index in [1.807, 2.05) is 20.8 Å². The molecule has 29 heteroatoms. The van der Waals surface area contributed by atoms with E-state index < -0.39 is 128 Å². The molecule has 7 unspecified atom stereocenters. The van der Waals surface area contributed by atoms with Crippen LogP contribution in [-0.4, -0.2) is 173 Å². The number of hydrogen-bond donors (Lipinski definition) is 1. The number of aliphatic hydroxyl groups is 1. The molecule has 474 valence electrons. The molecule has 1 N–H and O–H groups in total. The van der Waals surface area contributed by atoms with Gasteiger partial charge in [0.25, 0.3) is 0 Å². The van der Waals surface area contributed by atoms with E-state index in [0.717, 1.165) is 6.42 Å². The molecule has 0 radical (unpaired) electrons. The maximum absolute atomic E-state index is 14.2. The maximum Gasteiger partial charge on any atom is 0.338 e. The Morgan fingerprint density at radius 1 is 0.547 bits per heavy atom. The molecule has 0 bridgehead atoms. The number of carbonyl (C=O) groups is 3. The number of rotatable bonds is 37. The van der Waals surface area contributed by atoms with Crippen LogP contribution in [0.25, 0.3) is 41.8 Å². The number of methoxy groups -OCH3 is 1. The predicted molar refractivity (Wildman–Crippen MR) is 307 cm³/mol. The first-order valence-corrected chi connectivity index (χ1v) is 29.6. The second-order valence-corrected chi connectivity index (χ2v) is 20.9. The first-order valence-electron chi connectivity index (χ1n) is 29.6. The van der Waals surface area contributed by atoms with Crippen LogP contribution in [0.2, 0.25) is 0 Å². The lowest BCUT2D eigenvalue weighted by Gasteiger charge is -2.49. The number of carbonyl (C=O) groups excluding carboxylic acids is 3. The maximum atomic E-state index is 14.2. The number of aliphatic hydroxyl groups excluding tert-OH is 1. The van der Waals surface area contributed by atoms with Crippen LogP contribution in [0.4, 0.5) is 0 Å². The Hall–Kier alpha value is -6.35. The van der Waals surface area contributed by atoms with Crippen LogP contribution >= 0.6 is 0 Å². The van der Waals surface area contributed by atoms with Crippen molar-refractivity contribution < 1.29 is 81.1 Å². The average molecular weight is 1210 g/mol. The first kappa shape index (κ1) is 70.4. The Morgan fingerprint density at radius 3 is 1.55 bits per heavy atom. The first-order chi connectivity index (χ1) is 41.7. The number of azide groups is 4. The molecule has 0 aliphatic carbocycles.